The zero-order chi connectivity index (χ0) is 7.84. The van der Waals surface area contributed by atoms with Gasteiger partial charge in [-0.05, 0) is 18.6 Å². The summed E-state index contributed by atoms with van der Waals surface area (Å²) in [6, 6.07) is 5.84. The van der Waals surface area contributed by atoms with Crippen LogP contribution >= 0.6 is 0 Å². The molecule has 11 heavy (non-hydrogen) atoms. The van der Waals surface area contributed by atoms with Gasteiger partial charge in [-0.2, -0.15) is 0 Å². The van der Waals surface area contributed by atoms with Crippen molar-refractivity contribution in [1.29, 1.82) is 0 Å². The van der Waals surface area contributed by atoms with E-state index in [9.17, 15) is 0 Å². The van der Waals surface area contributed by atoms with Crippen LogP contribution in [-0.4, -0.2) is 6.54 Å². The minimum absolute atomic E-state index is 0.857. The fraction of sp³-hybridized carbons (Fsp3) is 0.250. The number of benzene rings is 1. The summed E-state index contributed by atoms with van der Waals surface area (Å²) in [6.07, 6.45) is 0.971. The average molecular weight is 149 g/mol. The van der Waals surface area contributed by atoms with Crippen molar-refractivity contribution >= 4 is 11.4 Å². The lowest BCUT2D eigenvalue weighted by Gasteiger charge is -2.10. The van der Waals surface area contributed by atoms with E-state index in [2.05, 4.69) is 0 Å². The van der Waals surface area contributed by atoms with Crippen molar-refractivity contribution in [3.63, 3.8) is 0 Å². The Hall–Kier alpha value is -1.22. The highest BCUT2D eigenvalue weighted by Gasteiger charge is 2.17. The smallest absolute Gasteiger partial charge is 0.0570 e. The third-order valence-electron chi connectivity index (χ3n) is 2.10. The largest absolute Gasteiger partial charge is 0.398 e. The molecule has 0 aliphatic carbocycles. The van der Waals surface area contributed by atoms with Crippen LogP contribution in [0.5, 0.6) is 0 Å². The molecule has 0 bridgehead atoms. The second-order valence-corrected chi connectivity index (χ2v) is 2.79. The van der Waals surface area contributed by atoms with Crippen LogP contribution in [0, 0.1) is 0 Å². The van der Waals surface area contributed by atoms with Gasteiger partial charge in [-0.1, -0.05) is 6.07 Å². The molecule has 1 aromatic carbocycles. The van der Waals surface area contributed by atoms with Gasteiger partial charge in [0.2, 0.25) is 0 Å². The first-order valence-corrected chi connectivity index (χ1v) is 3.68. The summed E-state index contributed by atoms with van der Waals surface area (Å²) in [6.45, 7) is 0.879. The zero-order valence-corrected chi connectivity index (χ0v) is 6.25. The van der Waals surface area contributed by atoms with Gasteiger partial charge in [-0.3, -0.25) is 0 Å². The minimum atomic E-state index is 0.857. The van der Waals surface area contributed by atoms with E-state index in [1.54, 1.807) is 5.01 Å². The summed E-state index contributed by atoms with van der Waals surface area (Å²) in [5, 5.41) is 1.74. The van der Waals surface area contributed by atoms with Crippen molar-refractivity contribution in [3.8, 4) is 0 Å². The van der Waals surface area contributed by atoms with Crippen molar-refractivity contribution < 1.29 is 0 Å². The second kappa shape index (κ2) is 2.13. The molecule has 0 atom stereocenters. The Morgan fingerprint density at radius 2 is 2.18 bits per heavy atom. The number of hydrogen-bond acceptors (Lipinski definition) is 3. The summed E-state index contributed by atoms with van der Waals surface area (Å²) < 4.78 is 0. The number of nitrogens with two attached hydrogens (primary N) is 2. The fourth-order valence-corrected chi connectivity index (χ4v) is 1.49. The summed E-state index contributed by atoms with van der Waals surface area (Å²) in [5.41, 5.74) is 8.87. The van der Waals surface area contributed by atoms with Gasteiger partial charge in [-0.15, -0.1) is 0 Å². The highest BCUT2D eigenvalue weighted by Crippen LogP contribution is 2.29. The van der Waals surface area contributed by atoms with Crippen molar-refractivity contribution in [2.45, 2.75) is 6.42 Å². The van der Waals surface area contributed by atoms with Crippen LogP contribution in [0.4, 0.5) is 11.4 Å². The lowest BCUT2D eigenvalue weighted by Crippen LogP contribution is -2.27. The molecule has 1 aliphatic heterocycles. The normalized spacial score (nSPS) is 15.2. The van der Waals surface area contributed by atoms with Crippen molar-refractivity contribution in [1.82, 2.24) is 0 Å². The lowest BCUT2D eigenvalue weighted by atomic mass is 10.1. The fourth-order valence-electron chi connectivity index (χ4n) is 1.49. The van der Waals surface area contributed by atoms with Crippen LogP contribution in [0.25, 0.3) is 0 Å². The maximum atomic E-state index is 5.75. The Bertz CT molecular complexity index is 283. The SMILES string of the molecule is Nc1cccc2c1CCN2N. The van der Waals surface area contributed by atoms with Crippen molar-refractivity contribution in [2.75, 3.05) is 17.3 Å². The number of fused-ring (bicyclic) bond motifs is 1. The van der Waals surface area contributed by atoms with Crippen molar-refractivity contribution in [3.05, 3.63) is 23.8 Å². The molecular formula is C8H11N3. The minimum Gasteiger partial charge on any atom is -0.398 e. The Morgan fingerprint density at radius 1 is 1.36 bits per heavy atom. The average Bonchev–Trinajstić information content (AvgIpc) is 2.35. The molecular weight excluding hydrogens is 138 g/mol. The first-order chi connectivity index (χ1) is 5.29. The van der Waals surface area contributed by atoms with Crippen LogP contribution in [0.15, 0.2) is 18.2 Å². The molecule has 1 aromatic rings. The van der Waals surface area contributed by atoms with Gasteiger partial charge in [0.25, 0.3) is 0 Å². The van der Waals surface area contributed by atoms with E-state index in [-0.39, 0.29) is 0 Å². The maximum Gasteiger partial charge on any atom is 0.0570 e. The third kappa shape index (κ3) is 0.851. The van der Waals surface area contributed by atoms with E-state index in [0.29, 0.717) is 0 Å². The first kappa shape index (κ1) is 6.49. The van der Waals surface area contributed by atoms with Crippen LogP contribution in [-0.2, 0) is 6.42 Å². The van der Waals surface area contributed by atoms with Gasteiger partial charge < -0.3 is 10.7 Å². The molecule has 0 unspecified atom stereocenters. The standard InChI is InChI=1S/C8H11N3/c9-7-2-1-3-8-6(7)4-5-11(8)10/h1-3H,4-5,9-10H2. The molecule has 3 heteroatoms. The summed E-state index contributed by atoms with van der Waals surface area (Å²) in [4.78, 5) is 0. The molecule has 3 nitrogen and oxygen atoms in total. The lowest BCUT2D eigenvalue weighted by molar-refractivity contribution is 0.892. The molecule has 0 amide bonds. The number of anilines is 2. The molecule has 4 N–H and O–H groups in total. The Balaban J connectivity index is 2.57. The number of nitrogen functional groups attached to an aromatic ring is 1. The summed E-state index contributed by atoms with van der Waals surface area (Å²) in [7, 11) is 0. The molecule has 0 fully saturated rings. The molecule has 0 saturated carbocycles. The first-order valence-electron chi connectivity index (χ1n) is 3.68. The second-order valence-electron chi connectivity index (χ2n) is 2.79. The third-order valence-corrected chi connectivity index (χ3v) is 2.10. The van der Waals surface area contributed by atoms with Gasteiger partial charge in [0.1, 0.15) is 0 Å². The van der Waals surface area contributed by atoms with E-state index >= 15 is 0 Å². The van der Waals surface area contributed by atoms with Crippen LogP contribution < -0.4 is 16.6 Å². The zero-order valence-electron chi connectivity index (χ0n) is 6.25. The Labute approximate surface area is 65.6 Å². The maximum absolute atomic E-state index is 5.75. The quantitative estimate of drug-likeness (QED) is 0.417. The van der Waals surface area contributed by atoms with Crippen LogP contribution in [0.3, 0.4) is 0 Å². The molecule has 1 heterocycles. The number of hydrogen-bond donors (Lipinski definition) is 2. The molecule has 58 valence electrons. The molecule has 0 radical (unpaired) electrons. The van der Waals surface area contributed by atoms with Gasteiger partial charge in [0.05, 0.1) is 5.69 Å². The van der Waals surface area contributed by atoms with Gasteiger partial charge in [0, 0.05) is 17.8 Å². The van der Waals surface area contributed by atoms with E-state index < -0.39 is 0 Å². The molecule has 0 spiro atoms. The monoisotopic (exact) mass is 149 g/mol. The van der Waals surface area contributed by atoms with Gasteiger partial charge in [-0.25, -0.2) is 5.84 Å². The predicted octanol–water partition coefficient (Wildman–Crippen LogP) is 0.505. The van der Waals surface area contributed by atoms with Gasteiger partial charge >= 0.3 is 0 Å². The Morgan fingerprint density at radius 3 is 2.91 bits per heavy atom. The highest BCUT2D eigenvalue weighted by molar-refractivity contribution is 5.67. The van der Waals surface area contributed by atoms with Crippen LogP contribution in [0.1, 0.15) is 5.56 Å². The molecule has 0 saturated heterocycles. The highest BCUT2D eigenvalue weighted by atomic mass is 15.4. The van der Waals surface area contributed by atoms with Gasteiger partial charge in [0.15, 0.2) is 0 Å². The molecule has 2 rings (SSSR count). The van der Waals surface area contributed by atoms with E-state index in [4.69, 9.17) is 11.6 Å². The van der Waals surface area contributed by atoms with E-state index in [0.717, 1.165) is 24.3 Å². The summed E-state index contributed by atoms with van der Waals surface area (Å²) >= 11 is 0. The van der Waals surface area contributed by atoms with Crippen molar-refractivity contribution in [2.24, 2.45) is 5.84 Å². The van der Waals surface area contributed by atoms with E-state index in [1.807, 2.05) is 18.2 Å². The van der Waals surface area contributed by atoms with E-state index in [1.165, 1.54) is 5.56 Å². The Kier molecular flexibility index (Phi) is 1.26. The molecule has 1 aliphatic rings. The number of nitrogens with zero attached hydrogens (tertiary/aromatic N) is 1. The topological polar surface area (TPSA) is 55.3 Å². The number of rotatable bonds is 0. The predicted molar refractivity (Wildman–Crippen MR) is 46.1 cm³/mol. The van der Waals surface area contributed by atoms with Crippen LogP contribution in [0.2, 0.25) is 0 Å². The molecule has 0 aromatic heterocycles. The summed E-state index contributed by atoms with van der Waals surface area (Å²) in [5.74, 6) is 5.69. The number of hydrazine groups is 1.